The molecule has 0 fully saturated rings. The van der Waals surface area contributed by atoms with Crippen molar-refractivity contribution in [2.45, 2.75) is 26.4 Å². The van der Waals surface area contributed by atoms with Gasteiger partial charge in [-0.2, -0.15) is 13.2 Å². The van der Waals surface area contributed by atoms with Gasteiger partial charge < -0.3 is 0 Å². The van der Waals surface area contributed by atoms with Crippen molar-refractivity contribution < 1.29 is 13.2 Å². The van der Waals surface area contributed by atoms with Crippen LogP contribution in [0.25, 0.3) is 0 Å². The van der Waals surface area contributed by atoms with Gasteiger partial charge in [-0.15, -0.1) is 0 Å². The fourth-order valence-corrected chi connectivity index (χ4v) is 1.02. The Balaban J connectivity index is 2.85. The number of alkyl halides is 3. The van der Waals surface area contributed by atoms with Gasteiger partial charge in [0.15, 0.2) is 0 Å². The molecule has 0 saturated heterocycles. The summed E-state index contributed by atoms with van der Waals surface area (Å²) in [4.78, 5) is 7.42. The lowest BCUT2D eigenvalue weighted by Crippen LogP contribution is -2.28. The Hall–Kier alpha value is -0.870. The van der Waals surface area contributed by atoms with E-state index in [4.69, 9.17) is 0 Å². The van der Waals surface area contributed by atoms with Gasteiger partial charge in [-0.1, -0.05) is 13.8 Å². The first kappa shape index (κ1) is 10.2. The van der Waals surface area contributed by atoms with Crippen molar-refractivity contribution in [3.63, 3.8) is 0 Å². The van der Waals surface area contributed by atoms with Gasteiger partial charge in [-0.3, -0.25) is 4.99 Å². The zero-order valence-electron chi connectivity index (χ0n) is 7.52. The van der Waals surface area contributed by atoms with Crippen molar-refractivity contribution >= 4 is 11.5 Å². The van der Waals surface area contributed by atoms with E-state index in [0.717, 1.165) is 0 Å². The Morgan fingerprint density at radius 2 is 1.92 bits per heavy atom. The van der Waals surface area contributed by atoms with Crippen LogP contribution in [-0.2, 0) is 0 Å². The van der Waals surface area contributed by atoms with Crippen LogP contribution in [0.1, 0.15) is 20.3 Å². The summed E-state index contributed by atoms with van der Waals surface area (Å²) in [5, 5.41) is 0. The average molecular weight is 192 g/mol. The van der Waals surface area contributed by atoms with Gasteiger partial charge in [-0.05, 0) is 0 Å². The minimum Gasteiger partial charge on any atom is -0.270 e. The molecule has 13 heavy (non-hydrogen) atoms. The standard InChI is InChI=1S/C8H11F3N2/c1-5(2)7-12-4-3-6(13-7)8(9,10)11/h5H,3-4H2,1-2H3. The summed E-state index contributed by atoms with van der Waals surface area (Å²) < 4.78 is 36.6. The SMILES string of the molecule is CC(C)C1=NCCC(C(F)(F)F)=N1. The number of halogens is 3. The maximum atomic E-state index is 12.2. The zero-order valence-corrected chi connectivity index (χ0v) is 7.52. The van der Waals surface area contributed by atoms with Gasteiger partial charge in [0.05, 0.1) is 0 Å². The Morgan fingerprint density at radius 3 is 2.38 bits per heavy atom. The van der Waals surface area contributed by atoms with Crippen molar-refractivity contribution in [1.29, 1.82) is 0 Å². The molecule has 1 heterocycles. The van der Waals surface area contributed by atoms with Gasteiger partial charge in [-0.25, -0.2) is 4.99 Å². The van der Waals surface area contributed by atoms with E-state index < -0.39 is 11.9 Å². The van der Waals surface area contributed by atoms with Gasteiger partial charge in [0, 0.05) is 18.9 Å². The molecule has 0 amide bonds. The molecule has 0 bridgehead atoms. The molecule has 0 aromatic carbocycles. The second kappa shape index (κ2) is 3.47. The van der Waals surface area contributed by atoms with E-state index in [-0.39, 0.29) is 18.9 Å². The largest absolute Gasteiger partial charge is 0.429 e. The molecule has 1 aliphatic rings. The van der Waals surface area contributed by atoms with Crippen LogP contribution < -0.4 is 0 Å². The predicted octanol–water partition coefficient (Wildman–Crippen LogP) is 2.45. The summed E-state index contributed by atoms with van der Waals surface area (Å²) in [6, 6.07) is 0. The molecular weight excluding hydrogens is 181 g/mol. The van der Waals surface area contributed by atoms with E-state index in [1.165, 1.54) is 0 Å². The first-order valence-corrected chi connectivity index (χ1v) is 4.10. The fraction of sp³-hybridized carbons (Fsp3) is 0.750. The molecule has 0 spiro atoms. The molecule has 0 aliphatic carbocycles. The van der Waals surface area contributed by atoms with Crippen molar-refractivity contribution in [2.75, 3.05) is 6.54 Å². The highest BCUT2D eigenvalue weighted by Crippen LogP contribution is 2.22. The van der Waals surface area contributed by atoms with Crippen LogP contribution in [0.3, 0.4) is 0 Å². The van der Waals surface area contributed by atoms with Crippen LogP contribution in [0.15, 0.2) is 9.98 Å². The lowest BCUT2D eigenvalue weighted by atomic mass is 10.1. The molecule has 0 N–H and O–H groups in total. The third-order valence-electron chi connectivity index (χ3n) is 1.72. The van der Waals surface area contributed by atoms with Crippen LogP contribution in [0.5, 0.6) is 0 Å². The van der Waals surface area contributed by atoms with Crippen molar-refractivity contribution in [3.05, 3.63) is 0 Å². The zero-order chi connectivity index (χ0) is 10.1. The molecule has 1 aliphatic heterocycles. The molecule has 0 saturated carbocycles. The van der Waals surface area contributed by atoms with Crippen molar-refractivity contribution in [3.8, 4) is 0 Å². The van der Waals surface area contributed by atoms with Crippen molar-refractivity contribution in [2.24, 2.45) is 15.9 Å². The third kappa shape index (κ3) is 2.54. The van der Waals surface area contributed by atoms with E-state index in [9.17, 15) is 13.2 Å². The number of nitrogens with zero attached hydrogens (tertiary/aromatic N) is 2. The molecule has 2 nitrogen and oxygen atoms in total. The Kier molecular flexibility index (Phi) is 2.73. The Morgan fingerprint density at radius 1 is 1.31 bits per heavy atom. The van der Waals surface area contributed by atoms with Crippen LogP contribution in [0, 0.1) is 5.92 Å². The topological polar surface area (TPSA) is 24.7 Å². The van der Waals surface area contributed by atoms with E-state index in [1.54, 1.807) is 13.8 Å². The lowest BCUT2D eigenvalue weighted by Gasteiger charge is -2.16. The second-order valence-electron chi connectivity index (χ2n) is 3.20. The lowest BCUT2D eigenvalue weighted by molar-refractivity contribution is -0.0604. The van der Waals surface area contributed by atoms with Crippen LogP contribution in [0.2, 0.25) is 0 Å². The maximum absolute atomic E-state index is 12.2. The average Bonchev–Trinajstić information content (AvgIpc) is 2.03. The van der Waals surface area contributed by atoms with E-state index >= 15 is 0 Å². The number of rotatable bonds is 1. The molecule has 0 atom stereocenters. The van der Waals surface area contributed by atoms with Crippen LogP contribution >= 0.6 is 0 Å². The molecular formula is C8H11F3N2. The number of hydrogen-bond acceptors (Lipinski definition) is 2. The first-order chi connectivity index (χ1) is 5.91. The Labute approximate surface area is 74.6 Å². The molecule has 0 aromatic rings. The van der Waals surface area contributed by atoms with E-state index in [0.29, 0.717) is 5.84 Å². The number of aliphatic imine (C=N–C) groups is 2. The molecule has 74 valence electrons. The van der Waals surface area contributed by atoms with Crippen molar-refractivity contribution in [1.82, 2.24) is 0 Å². The van der Waals surface area contributed by atoms with Crippen LogP contribution in [-0.4, -0.2) is 24.3 Å². The smallest absolute Gasteiger partial charge is 0.270 e. The number of amidine groups is 1. The summed E-state index contributed by atoms with van der Waals surface area (Å²) in [6.07, 6.45) is -4.39. The quantitative estimate of drug-likeness (QED) is 0.609. The fourth-order valence-electron chi connectivity index (χ4n) is 1.02. The summed E-state index contributed by atoms with van der Waals surface area (Å²) in [5.41, 5.74) is -0.703. The van der Waals surface area contributed by atoms with Gasteiger partial charge in [0.2, 0.25) is 0 Å². The minimum absolute atomic E-state index is 0.0438. The summed E-state index contributed by atoms with van der Waals surface area (Å²) in [5.74, 6) is 0.260. The minimum atomic E-state index is -4.30. The summed E-state index contributed by atoms with van der Waals surface area (Å²) in [6.45, 7) is 3.76. The predicted molar refractivity (Wildman–Crippen MR) is 45.2 cm³/mol. The van der Waals surface area contributed by atoms with Gasteiger partial charge in [0.1, 0.15) is 11.5 Å². The monoisotopic (exact) mass is 192 g/mol. The van der Waals surface area contributed by atoms with Gasteiger partial charge in [0.25, 0.3) is 0 Å². The molecule has 5 heteroatoms. The number of hydrogen-bond donors (Lipinski definition) is 0. The highest BCUT2D eigenvalue weighted by atomic mass is 19.4. The van der Waals surface area contributed by atoms with E-state index in [2.05, 4.69) is 9.98 Å². The van der Waals surface area contributed by atoms with Crippen LogP contribution in [0.4, 0.5) is 13.2 Å². The summed E-state index contributed by atoms with van der Waals surface area (Å²) >= 11 is 0. The Bertz CT molecular complexity index is 251. The maximum Gasteiger partial charge on any atom is 0.429 e. The van der Waals surface area contributed by atoms with E-state index in [1.807, 2.05) is 0 Å². The highest BCUT2D eigenvalue weighted by molar-refractivity contribution is 6.03. The second-order valence-corrected chi connectivity index (χ2v) is 3.20. The van der Waals surface area contributed by atoms with Gasteiger partial charge >= 0.3 is 6.18 Å². The molecule has 0 aromatic heterocycles. The highest BCUT2D eigenvalue weighted by Gasteiger charge is 2.36. The third-order valence-corrected chi connectivity index (χ3v) is 1.72. The molecule has 0 unspecified atom stereocenters. The molecule has 0 radical (unpaired) electrons. The molecule has 1 rings (SSSR count). The summed E-state index contributed by atoms with van der Waals surface area (Å²) in [7, 11) is 0. The first-order valence-electron chi connectivity index (χ1n) is 4.10. The normalized spacial score (nSPS) is 18.6.